The predicted octanol–water partition coefficient (Wildman–Crippen LogP) is 2.91. The SMILES string of the molecule is CCCCC(N=C1NS(=O)(=O)c2ccccc21)C(=O)NCc1ccccc1C. The van der Waals surface area contributed by atoms with E-state index in [1.165, 1.54) is 0 Å². The summed E-state index contributed by atoms with van der Waals surface area (Å²) < 4.78 is 27.1. The number of unbranched alkanes of at least 4 members (excludes halogenated alkanes) is 1. The molecule has 0 spiro atoms. The highest BCUT2D eigenvalue weighted by atomic mass is 32.2. The van der Waals surface area contributed by atoms with Crippen molar-refractivity contribution in [3.05, 3.63) is 65.2 Å². The number of fused-ring (bicyclic) bond motifs is 1. The first-order valence-corrected chi connectivity index (χ1v) is 10.9. The number of carbonyl (C=O) groups is 1. The van der Waals surface area contributed by atoms with Crippen LogP contribution in [-0.4, -0.2) is 26.2 Å². The molecule has 1 atom stereocenters. The molecule has 0 aliphatic carbocycles. The molecule has 0 radical (unpaired) electrons. The minimum absolute atomic E-state index is 0.198. The second-order valence-corrected chi connectivity index (χ2v) is 8.53. The van der Waals surface area contributed by atoms with E-state index in [2.05, 4.69) is 15.0 Å². The van der Waals surface area contributed by atoms with Crippen molar-refractivity contribution in [1.29, 1.82) is 0 Å². The Morgan fingerprint density at radius 3 is 2.61 bits per heavy atom. The van der Waals surface area contributed by atoms with E-state index in [1.807, 2.05) is 38.1 Å². The standard InChI is InChI=1S/C21H25N3O3S/c1-3-4-12-18(21(25)22-14-16-10-6-5-9-15(16)2)23-20-17-11-7-8-13-19(17)28(26,27)24-20/h5-11,13,18H,3-4,12,14H2,1-2H3,(H,22,25)(H,23,24). The van der Waals surface area contributed by atoms with E-state index >= 15 is 0 Å². The van der Waals surface area contributed by atoms with Gasteiger partial charge >= 0.3 is 0 Å². The predicted molar refractivity (Wildman–Crippen MR) is 110 cm³/mol. The van der Waals surface area contributed by atoms with Gasteiger partial charge < -0.3 is 5.32 Å². The molecule has 2 aromatic carbocycles. The van der Waals surface area contributed by atoms with Crippen LogP contribution in [-0.2, 0) is 21.4 Å². The van der Waals surface area contributed by atoms with E-state index in [0.29, 0.717) is 18.5 Å². The first-order valence-electron chi connectivity index (χ1n) is 9.44. The van der Waals surface area contributed by atoms with Gasteiger partial charge in [-0.15, -0.1) is 0 Å². The maximum atomic E-state index is 12.8. The summed E-state index contributed by atoms with van der Waals surface area (Å²) in [6.45, 7) is 4.46. The number of carbonyl (C=O) groups excluding carboxylic acids is 1. The third kappa shape index (κ3) is 4.42. The van der Waals surface area contributed by atoms with E-state index in [9.17, 15) is 13.2 Å². The monoisotopic (exact) mass is 399 g/mol. The van der Waals surface area contributed by atoms with E-state index < -0.39 is 16.1 Å². The summed E-state index contributed by atoms with van der Waals surface area (Å²) in [5, 5.41) is 2.94. The number of rotatable bonds is 7. The largest absolute Gasteiger partial charge is 0.350 e. The molecule has 1 heterocycles. The van der Waals surface area contributed by atoms with Gasteiger partial charge in [0.25, 0.3) is 10.0 Å². The fourth-order valence-electron chi connectivity index (χ4n) is 3.15. The molecule has 2 N–H and O–H groups in total. The summed E-state index contributed by atoms with van der Waals surface area (Å²) in [4.78, 5) is 17.5. The Balaban J connectivity index is 1.82. The van der Waals surface area contributed by atoms with E-state index in [0.717, 1.165) is 24.0 Å². The second kappa shape index (κ2) is 8.56. The van der Waals surface area contributed by atoms with Crippen LogP contribution in [0.3, 0.4) is 0 Å². The van der Waals surface area contributed by atoms with Crippen molar-refractivity contribution in [2.75, 3.05) is 0 Å². The molecule has 2 aromatic rings. The van der Waals surface area contributed by atoms with Crippen molar-refractivity contribution >= 4 is 21.8 Å². The molecule has 148 valence electrons. The lowest BCUT2D eigenvalue weighted by molar-refractivity contribution is -0.122. The minimum atomic E-state index is -3.62. The number of aryl methyl sites for hydroxylation is 1. The van der Waals surface area contributed by atoms with Crippen LogP contribution in [0.15, 0.2) is 58.4 Å². The molecule has 0 aromatic heterocycles. The van der Waals surface area contributed by atoms with E-state index in [-0.39, 0.29) is 16.6 Å². The highest BCUT2D eigenvalue weighted by Crippen LogP contribution is 2.23. The van der Waals surface area contributed by atoms with Gasteiger partial charge in [-0.3, -0.25) is 14.5 Å². The zero-order chi connectivity index (χ0) is 20.1. The Labute approximate surface area is 166 Å². The Morgan fingerprint density at radius 2 is 1.86 bits per heavy atom. The zero-order valence-electron chi connectivity index (χ0n) is 16.1. The van der Waals surface area contributed by atoms with Gasteiger partial charge in [0, 0.05) is 12.1 Å². The second-order valence-electron chi connectivity index (χ2n) is 6.88. The van der Waals surface area contributed by atoms with Crippen molar-refractivity contribution in [3.8, 4) is 0 Å². The number of sulfonamides is 1. The van der Waals surface area contributed by atoms with Gasteiger partial charge in [-0.05, 0) is 36.6 Å². The van der Waals surface area contributed by atoms with E-state index in [1.54, 1.807) is 24.3 Å². The summed E-state index contributed by atoms with van der Waals surface area (Å²) in [6, 6.07) is 13.9. The molecule has 0 bridgehead atoms. The number of aliphatic imine (C=N–C) groups is 1. The maximum absolute atomic E-state index is 12.8. The van der Waals surface area contributed by atoms with Crippen molar-refractivity contribution in [2.45, 2.75) is 50.6 Å². The number of benzene rings is 2. The quantitative estimate of drug-likeness (QED) is 0.750. The van der Waals surface area contributed by atoms with Gasteiger partial charge in [-0.2, -0.15) is 0 Å². The third-order valence-corrected chi connectivity index (χ3v) is 6.19. The Bertz CT molecular complexity index is 999. The molecule has 1 unspecified atom stereocenters. The van der Waals surface area contributed by atoms with Crippen LogP contribution in [0.4, 0.5) is 0 Å². The molecular weight excluding hydrogens is 374 g/mol. The lowest BCUT2D eigenvalue weighted by Gasteiger charge is -2.15. The molecule has 28 heavy (non-hydrogen) atoms. The molecule has 6 nitrogen and oxygen atoms in total. The fourth-order valence-corrected chi connectivity index (χ4v) is 4.39. The Morgan fingerprint density at radius 1 is 1.14 bits per heavy atom. The molecule has 0 saturated carbocycles. The molecule has 3 rings (SSSR count). The van der Waals surface area contributed by atoms with Gasteiger partial charge in [-0.25, -0.2) is 8.42 Å². The summed E-state index contributed by atoms with van der Waals surface area (Å²) in [6.07, 6.45) is 2.31. The zero-order valence-corrected chi connectivity index (χ0v) is 16.9. The first-order chi connectivity index (χ1) is 13.4. The number of nitrogens with zero attached hydrogens (tertiary/aromatic N) is 1. The van der Waals surface area contributed by atoms with Crippen molar-refractivity contribution in [3.63, 3.8) is 0 Å². The van der Waals surface area contributed by atoms with Crippen molar-refractivity contribution < 1.29 is 13.2 Å². The highest BCUT2D eigenvalue weighted by Gasteiger charge is 2.31. The average Bonchev–Trinajstić information content (AvgIpc) is 2.94. The Kier molecular flexibility index (Phi) is 6.14. The number of nitrogens with one attached hydrogen (secondary N) is 2. The van der Waals surface area contributed by atoms with Gasteiger partial charge in [0.05, 0.1) is 4.90 Å². The Hall–Kier alpha value is -2.67. The molecule has 0 fully saturated rings. The summed E-state index contributed by atoms with van der Waals surface area (Å²) in [5.41, 5.74) is 2.66. The molecular formula is C21H25N3O3S. The topological polar surface area (TPSA) is 87.6 Å². The van der Waals surface area contributed by atoms with Crippen LogP contribution in [0.5, 0.6) is 0 Å². The molecule has 7 heteroatoms. The molecule has 1 aliphatic rings. The minimum Gasteiger partial charge on any atom is -0.350 e. The van der Waals surface area contributed by atoms with Crippen molar-refractivity contribution in [1.82, 2.24) is 10.0 Å². The number of amidine groups is 1. The van der Waals surface area contributed by atoms with Gasteiger partial charge in [0.1, 0.15) is 11.9 Å². The highest BCUT2D eigenvalue weighted by molar-refractivity contribution is 7.90. The molecule has 0 saturated heterocycles. The number of amides is 1. The van der Waals surface area contributed by atoms with Crippen LogP contribution in [0.2, 0.25) is 0 Å². The normalized spacial score (nSPS) is 17.0. The van der Waals surface area contributed by atoms with Gasteiger partial charge in [0.2, 0.25) is 5.91 Å². The van der Waals surface area contributed by atoms with Crippen LogP contribution in [0.1, 0.15) is 42.9 Å². The van der Waals surface area contributed by atoms with Crippen molar-refractivity contribution in [2.24, 2.45) is 4.99 Å². The maximum Gasteiger partial charge on any atom is 0.263 e. The third-order valence-electron chi connectivity index (χ3n) is 4.80. The average molecular weight is 400 g/mol. The van der Waals surface area contributed by atoms with E-state index in [4.69, 9.17) is 0 Å². The first kappa shape index (κ1) is 20.1. The lowest BCUT2D eigenvalue weighted by Crippen LogP contribution is -2.35. The summed E-state index contributed by atoms with van der Waals surface area (Å²) >= 11 is 0. The summed E-state index contributed by atoms with van der Waals surface area (Å²) in [7, 11) is -3.62. The summed E-state index contributed by atoms with van der Waals surface area (Å²) in [5.74, 6) is 0.0375. The number of hydrogen-bond donors (Lipinski definition) is 2. The fraction of sp³-hybridized carbons (Fsp3) is 0.333. The van der Waals surface area contributed by atoms with Crippen LogP contribution < -0.4 is 10.0 Å². The van der Waals surface area contributed by atoms with Gasteiger partial charge in [-0.1, -0.05) is 56.2 Å². The van der Waals surface area contributed by atoms with Crippen LogP contribution in [0.25, 0.3) is 0 Å². The number of hydrogen-bond acceptors (Lipinski definition) is 4. The molecule has 1 aliphatic heterocycles. The lowest BCUT2D eigenvalue weighted by atomic mass is 10.1. The smallest absolute Gasteiger partial charge is 0.263 e. The van der Waals surface area contributed by atoms with Crippen LogP contribution >= 0.6 is 0 Å². The van der Waals surface area contributed by atoms with Gasteiger partial charge in [0.15, 0.2) is 0 Å². The van der Waals surface area contributed by atoms with Crippen LogP contribution in [0, 0.1) is 6.92 Å². The molecule has 1 amide bonds.